The van der Waals surface area contributed by atoms with Crippen molar-refractivity contribution in [2.24, 2.45) is 17.8 Å². The van der Waals surface area contributed by atoms with Gasteiger partial charge in [-0.2, -0.15) is 0 Å². The molecule has 3 aliphatic rings. The minimum absolute atomic E-state index is 0.0829. The van der Waals surface area contributed by atoms with Gasteiger partial charge in [0, 0.05) is 5.92 Å². The molecule has 3 aliphatic carbocycles. The van der Waals surface area contributed by atoms with Crippen molar-refractivity contribution in [2.75, 3.05) is 0 Å². The lowest BCUT2D eigenvalue weighted by Gasteiger charge is -2.38. The highest BCUT2D eigenvalue weighted by Gasteiger charge is 2.45. The van der Waals surface area contributed by atoms with E-state index >= 15 is 0 Å². The smallest absolute Gasteiger partial charge is 0.305 e. The molecular weight excluding hydrogens is 254 g/mol. The third kappa shape index (κ3) is 2.70. The van der Waals surface area contributed by atoms with Gasteiger partial charge in [-0.25, -0.2) is 0 Å². The Hall–Kier alpha value is -1.06. The lowest BCUT2D eigenvalue weighted by atomic mass is 9.78. The molecule has 3 fully saturated rings. The maximum atomic E-state index is 12.6. The van der Waals surface area contributed by atoms with E-state index in [1.54, 1.807) is 0 Å². The van der Waals surface area contributed by atoms with Crippen LogP contribution < -0.4 is 5.32 Å². The topological polar surface area (TPSA) is 66.4 Å². The van der Waals surface area contributed by atoms with Gasteiger partial charge in [0.1, 0.15) is 0 Å². The third-order valence-electron chi connectivity index (χ3n) is 5.76. The molecule has 0 spiro atoms. The van der Waals surface area contributed by atoms with Crippen molar-refractivity contribution in [1.82, 2.24) is 5.32 Å². The second-order valence-electron chi connectivity index (χ2n) is 7.18. The Balaban J connectivity index is 1.66. The summed E-state index contributed by atoms with van der Waals surface area (Å²) in [7, 11) is 0. The zero-order chi connectivity index (χ0) is 14.2. The van der Waals surface area contributed by atoms with Crippen molar-refractivity contribution in [3.05, 3.63) is 0 Å². The summed E-state index contributed by atoms with van der Waals surface area (Å²) in [5.41, 5.74) is -0.469. The lowest BCUT2D eigenvalue weighted by molar-refractivity contribution is -0.140. The summed E-state index contributed by atoms with van der Waals surface area (Å²) in [5.74, 6) is 0.810. The maximum Gasteiger partial charge on any atom is 0.305 e. The molecule has 0 aromatic heterocycles. The van der Waals surface area contributed by atoms with E-state index in [-0.39, 0.29) is 18.2 Å². The van der Waals surface area contributed by atoms with Crippen molar-refractivity contribution >= 4 is 11.9 Å². The number of aliphatic carboxylic acids is 1. The number of hydrogen-bond acceptors (Lipinski definition) is 2. The normalized spacial score (nSPS) is 34.9. The fraction of sp³-hybridized carbons (Fsp3) is 0.875. The fourth-order valence-corrected chi connectivity index (χ4v) is 4.78. The van der Waals surface area contributed by atoms with Gasteiger partial charge in [0.2, 0.25) is 5.91 Å². The van der Waals surface area contributed by atoms with Gasteiger partial charge in [0.05, 0.1) is 12.0 Å². The zero-order valence-electron chi connectivity index (χ0n) is 12.1. The van der Waals surface area contributed by atoms with Gasteiger partial charge in [0.25, 0.3) is 0 Å². The Kier molecular flexibility index (Phi) is 3.74. The van der Waals surface area contributed by atoms with Crippen molar-refractivity contribution in [1.29, 1.82) is 0 Å². The minimum atomic E-state index is -0.792. The summed E-state index contributed by atoms with van der Waals surface area (Å²) < 4.78 is 0. The quantitative estimate of drug-likeness (QED) is 0.831. The van der Waals surface area contributed by atoms with Gasteiger partial charge < -0.3 is 10.4 Å². The van der Waals surface area contributed by atoms with Crippen LogP contribution >= 0.6 is 0 Å². The molecule has 3 unspecified atom stereocenters. The van der Waals surface area contributed by atoms with Crippen LogP contribution in [-0.2, 0) is 9.59 Å². The summed E-state index contributed by atoms with van der Waals surface area (Å²) in [6, 6.07) is 0. The summed E-state index contributed by atoms with van der Waals surface area (Å²) >= 11 is 0. The SMILES string of the molecule is O=C(O)CC1(NC(=O)C2CC3CCC2C3)CCCCC1. The number of carbonyl (C=O) groups excluding carboxylic acids is 1. The number of carboxylic acid groups (broad SMARTS) is 1. The van der Waals surface area contributed by atoms with E-state index in [9.17, 15) is 9.59 Å². The highest BCUT2D eigenvalue weighted by Crippen LogP contribution is 2.48. The van der Waals surface area contributed by atoms with Crippen LogP contribution in [0.25, 0.3) is 0 Å². The number of fused-ring (bicyclic) bond motifs is 2. The Bertz CT molecular complexity index is 401. The molecule has 0 heterocycles. The number of hydrogen-bond donors (Lipinski definition) is 2. The van der Waals surface area contributed by atoms with Crippen LogP contribution in [0.2, 0.25) is 0 Å². The molecule has 3 rings (SSSR count). The second-order valence-corrected chi connectivity index (χ2v) is 7.18. The van der Waals surface area contributed by atoms with E-state index in [1.165, 1.54) is 19.3 Å². The van der Waals surface area contributed by atoms with E-state index in [1.807, 2.05) is 0 Å². The van der Waals surface area contributed by atoms with Crippen LogP contribution in [0, 0.1) is 17.8 Å². The van der Waals surface area contributed by atoms with Gasteiger partial charge in [-0.1, -0.05) is 25.7 Å². The van der Waals surface area contributed by atoms with Crippen LogP contribution in [0.4, 0.5) is 0 Å². The Morgan fingerprint density at radius 1 is 1.10 bits per heavy atom. The van der Waals surface area contributed by atoms with E-state index < -0.39 is 11.5 Å². The lowest BCUT2D eigenvalue weighted by Crippen LogP contribution is -2.53. The standard InChI is InChI=1S/C16H25NO3/c18-14(19)10-16(6-2-1-3-7-16)17-15(20)13-9-11-4-5-12(13)8-11/h11-13H,1-10H2,(H,17,20)(H,18,19). The molecular formula is C16H25NO3. The summed E-state index contributed by atoms with van der Waals surface area (Å²) in [4.78, 5) is 23.7. The number of carboxylic acids is 1. The van der Waals surface area contributed by atoms with Crippen LogP contribution in [-0.4, -0.2) is 22.5 Å². The molecule has 4 nitrogen and oxygen atoms in total. The first-order valence-corrected chi connectivity index (χ1v) is 8.12. The molecule has 0 aromatic rings. The minimum Gasteiger partial charge on any atom is -0.481 e. The van der Waals surface area contributed by atoms with E-state index in [0.717, 1.165) is 44.4 Å². The Morgan fingerprint density at radius 2 is 1.85 bits per heavy atom. The molecule has 2 N–H and O–H groups in total. The number of rotatable bonds is 4. The number of nitrogens with one attached hydrogen (secondary N) is 1. The number of carbonyl (C=O) groups is 2. The fourth-order valence-electron chi connectivity index (χ4n) is 4.78. The monoisotopic (exact) mass is 279 g/mol. The molecule has 20 heavy (non-hydrogen) atoms. The van der Waals surface area contributed by atoms with Gasteiger partial charge >= 0.3 is 5.97 Å². The van der Waals surface area contributed by atoms with Crippen molar-refractivity contribution in [2.45, 2.75) is 69.7 Å². The number of amides is 1. The third-order valence-corrected chi connectivity index (χ3v) is 5.76. The zero-order valence-corrected chi connectivity index (χ0v) is 12.1. The van der Waals surface area contributed by atoms with Crippen LogP contribution in [0.3, 0.4) is 0 Å². The van der Waals surface area contributed by atoms with Crippen molar-refractivity contribution < 1.29 is 14.7 Å². The molecule has 0 aromatic carbocycles. The Labute approximate surface area is 120 Å². The van der Waals surface area contributed by atoms with Crippen molar-refractivity contribution in [3.63, 3.8) is 0 Å². The van der Waals surface area contributed by atoms with Crippen LogP contribution in [0.1, 0.15) is 64.2 Å². The average Bonchev–Trinajstić information content (AvgIpc) is 3.00. The van der Waals surface area contributed by atoms with E-state index in [2.05, 4.69) is 5.32 Å². The van der Waals surface area contributed by atoms with Gasteiger partial charge in [-0.15, -0.1) is 0 Å². The first kappa shape index (κ1) is 13.9. The molecule has 0 radical (unpaired) electrons. The summed E-state index contributed by atoms with van der Waals surface area (Å²) in [6.07, 6.45) is 9.67. The summed E-state index contributed by atoms with van der Waals surface area (Å²) in [6.45, 7) is 0. The maximum absolute atomic E-state index is 12.6. The molecule has 3 saturated carbocycles. The van der Waals surface area contributed by atoms with Crippen LogP contribution in [0.5, 0.6) is 0 Å². The van der Waals surface area contributed by atoms with Crippen molar-refractivity contribution in [3.8, 4) is 0 Å². The van der Waals surface area contributed by atoms with Crippen LogP contribution in [0.15, 0.2) is 0 Å². The van der Waals surface area contributed by atoms with E-state index in [0.29, 0.717) is 5.92 Å². The highest BCUT2D eigenvalue weighted by molar-refractivity contribution is 5.81. The molecule has 0 saturated heterocycles. The summed E-state index contributed by atoms with van der Waals surface area (Å²) in [5, 5.41) is 12.3. The van der Waals surface area contributed by atoms with Gasteiger partial charge in [-0.05, 0) is 43.9 Å². The average molecular weight is 279 g/mol. The molecule has 112 valence electrons. The molecule has 2 bridgehead atoms. The van der Waals surface area contributed by atoms with E-state index in [4.69, 9.17) is 5.11 Å². The molecule has 0 aliphatic heterocycles. The van der Waals surface area contributed by atoms with Gasteiger partial charge in [0.15, 0.2) is 0 Å². The molecule has 3 atom stereocenters. The predicted molar refractivity (Wildman–Crippen MR) is 75.1 cm³/mol. The second kappa shape index (κ2) is 5.38. The first-order valence-electron chi connectivity index (χ1n) is 8.12. The largest absolute Gasteiger partial charge is 0.481 e. The predicted octanol–water partition coefficient (Wildman–Crippen LogP) is 2.72. The first-order chi connectivity index (χ1) is 9.58. The highest BCUT2D eigenvalue weighted by atomic mass is 16.4. The Morgan fingerprint density at radius 3 is 2.40 bits per heavy atom. The molecule has 1 amide bonds. The van der Waals surface area contributed by atoms with Gasteiger partial charge in [-0.3, -0.25) is 9.59 Å². The molecule has 4 heteroatoms.